The lowest BCUT2D eigenvalue weighted by Gasteiger charge is -2.29. The van der Waals surface area contributed by atoms with Crippen molar-refractivity contribution in [1.29, 1.82) is 0 Å². The fourth-order valence-corrected chi connectivity index (χ4v) is 2.77. The zero-order chi connectivity index (χ0) is 10.7. The van der Waals surface area contributed by atoms with Crippen LogP contribution in [0.5, 0.6) is 0 Å². The second kappa shape index (κ2) is 4.82. The Kier molecular flexibility index (Phi) is 3.45. The highest BCUT2D eigenvalue weighted by Crippen LogP contribution is 2.33. The van der Waals surface area contributed by atoms with E-state index in [4.69, 9.17) is 0 Å². The zero-order valence-electron chi connectivity index (χ0n) is 9.95. The topological polar surface area (TPSA) is 19.7 Å². The van der Waals surface area contributed by atoms with Gasteiger partial charge >= 0.3 is 0 Å². The monoisotopic (exact) mass is 207 g/mol. The van der Waals surface area contributed by atoms with Crippen molar-refractivity contribution in [3.8, 4) is 0 Å². The van der Waals surface area contributed by atoms with Gasteiger partial charge in [0.1, 0.15) is 12.4 Å². The highest BCUT2D eigenvalue weighted by molar-refractivity contribution is 4.73. The number of H-pyrrole nitrogens is 1. The molecule has 0 bridgehead atoms. The van der Waals surface area contributed by atoms with Crippen molar-refractivity contribution in [2.75, 3.05) is 0 Å². The molecular formula is C13H23N2+. The Bertz CT molecular complexity index is 269. The molecular weight excluding hydrogens is 184 g/mol. The molecule has 1 aromatic heterocycles. The summed E-state index contributed by atoms with van der Waals surface area (Å²) in [6, 6.07) is 0. The van der Waals surface area contributed by atoms with Gasteiger partial charge in [0.15, 0.2) is 0 Å². The lowest BCUT2D eigenvalue weighted by atomic mass is 9.77. The lowest BCUT2D eigenvalue weighted by molar-refractivity contribution is -0.702. The second-order valence-electron chi connectivity index (χ2n) is 5.33. The molecule has 1 aliphatic rings. The van der Waals surface area contributed by atoms with E-state index in [-0.39, 0.29) is 0 Å². The first kappa shape index (κ1) is 10.7. The first-order valence-electron chi connectivity index (χ1n) is 6.27. The predicted octanol–water partition coefficient (Wildman–Crippen LogP) is 2.76. The van der Waals surface area contributed by atoms with Gasteiger partial charge in [-0.2, -0.15) is 0 Å². The molecule has 2 heteroatoms. The third kappa shape index (κ3) is 2.83. The minimum absolute atomic E-state index is 0.880. The maximum atomic E-state index is 3.11. The van der Waals surface area contributed by atoms with Gasteiger partial charge in [-0.05, 0) is 43.4 Å². The number of nitrogens with one attached hydrogen (secondary N) is 1. The molecule has 0 spiro atoms. The average molecular weight is 207 g/mol. The molecule has 1 N–H and O–H groups in total. The summed E-state index contributed by atoms with van der Waals surface area (Å²) in [6.07, 6.45) is 11.9. The Morgan fingerprint density at radius 3 is 2.53 bits per heavy atom. The van der Waals surface area contributed by atoms with E-state index in [9.17, 15) is 0 Å². The number of nitrogens with zero attached hydrogens (tertiary/aromatic N) is 1. The van der Waals surface area contributed by atoms with Crippen LogP contribution < -0.4 is 4.57 Å². The quantitative estimate of drug-likeness (QED) is 0.735. The third-order valence-electron chi connectivity index (χ3n) is 3.91. The van der Waals surface area contributed by atoms with Gasteiger partial charge in [-0.1, -0.05) is 13.8 Å². The first-order chi connectivity index (χ1) is 7.25. The molecule has 84 valence electrons. The molecule has 0 atom stereocenters. The van der Waals surface area contributed by atoms with E-state index in [1.807, 2.05) is 6.20 Å². The van der Waals surface area contributed by atoms with E-state index in [1.54, 1.807) is 0 Å². The van der Waals surface area contributed by atoms with Crippen LogP contribution >= 0.6 is 0 Å². The van der Waals surface area contributed by atoms with E-state index in [0.29, 0.717) is 0 Å². The van der Waals surface area contributed by atoms with Crippen LogP contribution in [0.25, 0.3) is 0 Å². The first-order valence-corrected chi connectivity index (χ1v) is 6.27. The molecule has 1 saturated carbocycles. The SMILES string of the molecule is CC(C)C1CCC(C[n+]2cc[nH]c2)CC1. The Labute approximate surface area is 92.7 Å². The summed E-state index contributed by atoms with van der Waals surface area (Å²) < 4.78 is 2.28. The smallest absolute Gasteiger partial charge is 0.241 e. The van der Waals surface area contributed by atoms with Crippen LogP contribution in [0, 0.1) is 17.8 Å². The lowest BCUT2D eigenvalue weighted by Crippen LogP contribution is -2.36. The summed E-state index contributed by atoms with van der Waals surface area (Å²) in [5.41, 5.74) is 0. The van der Waals surface area contributed by atoms with Crippen molar-refractivity contribution in [3.63, 3.8) is 0 Å². The van der Waals surface area contributed by atoms with Crippen molar-refractivity contribution in [2.45, 2.75) is 46.1 Å². The molecule has 2 rings (SSSR count). The van der Waals surface area contributed by atoms with Gasteiger partial charge in [-0.3, -0.25) is 4.98 Å². The van der Waals surface area contributed by atoms with Crippen molar-refractivity contribution >= 4 is 0 Å². The number of hydrogen-bond donors (Lipinski definition) is 1. The molecule has 15 heavy (non-hydrogen) atoms. The number of imidazole rings is 1. The molecule has 1 aliphatic carbocycles. The molecule has 1 heterocycles. The Balaban J connectivity index is 1.79. The molecule has 2 nitrogen and oxygen atoms in total. The van der Waals surface area contributed by atoms with Crippen molar-refractivity contribution in [2.24, 2.45) is 17.8 Å². The van der Waals surface area contributed by atoms with Gasteiger partial charge in [-0.25, -0.2) is 4.57 Å². The fraction of sp³-hybridized carbons (Fsp3) is 0.769. The van der Waals surface area contributed by atoms with Crippen molar-refractivity contribution < 1.29 is 4.57 Å². The minimum Gasteiger partial charge on any atom is -0.250 e. The standard InChI is InChI=1S/C13H22N2/c1-11(2)13-5-3-12(4-6-13)9-15-8-7-14-10-15/h7-8,10-13H,3-6,9H2,1-2H3/p+1. The summed E-state index contributed by atoms with van der Waals surface area (Å²) in [5, 5.41) is 0. The molecule has 0 unspecified atom stereocenters. The molecule has 0 aromatic carbocycles. The molecule has 1 aromatic rings. The maximum Gasteiger partial charge on any atom is 0.241 e. The van der Waals surface area contributed by atoms with E-state index in [0.717, 1.165) is 17.8 Å². The molecule has 0 saturated heterocycles. The summed E-state index contributed by atoms with van der Waals surface area (Å²) in [7, 11) is 0. The molecule has 0 amide bonds. The van der Waals surface area contributed by atoms with Crippen LogP contribution in [0.1, 0.15) is 39.5 Å². The number of hydrogen-bond acceptors (Lipinski definition) is 0. The number of aromatic amines is 1. The van der Waals surface area contributed by atoms with Crippen LogP contribution in [0.3, 0.4) is 0 Å². The normalized spacial score (nSPS) is 27.1. The fourth-order valence-electron chi connectivity index (χ4n) is 2.77. The summed E-state index contributed by atoms with van der Waals surface area (Å²) >= 11 is 0. The number of aromatic nitrogens is 2. The third-order valence-corrected chi connectivity index (χ3v) is 3.91. The van der Waals surface area contributed by atoms with Gasteiger partial charge in [0.25, 0.3) is 0 Å². The van der Waals surface area contributed by atoms with Crippen LogP contribution in [-0.4, -0.2) is 4.98 Å². The van der Waals surface area contributed by atoms with Crippen LogP contribution in [0.2, 0.25) is 0 Å². The number of rotatable bonds is 3. The highest BCUT2D eigenvalue weighted by Gasteiger charge is 2.24. The van der Waals surface area contributed by atoms with Gasteiger partial charge in [0, 0.05) is 0 Å². The van der Waals surface area contributed by atoms with Crippen molar-refractivity contribution in [1.82, 2.24) is 4.98 Å². The second-order valence-corrected chi connectivity index (χ2v) is 5.33. The molecule has 0 aliphatic heterocycles. The van der Waals surface area contributed by atoms with E-state index < -0.39 is 0 Å². The Morgan fingerprint density at radius 2 is 2.00 bits per heavy atom. The van der Waals surface area contributed by atoms with Crippen LogP contribution in [-0.2, 0) is 6.54 Å². The van der Waals surface area contributed by atoms with Gasteiger partial charge in [0.2, 0.25) is 6.33 Å². The van der Waals surface area contributed by atoms with E-state index in [2.05, 4.69) is 35.9 Å². The Hall–Kier alpha value is -0.790. The zero-order valence-corrected chi connectivity index (χ0v) is 9.95. The summed E-state index contributed by atoms with van der Waals surface area (Å²) in [4.78, 5) is 3.11. The molecule has 1 fully saturated rings. The highest BCUT2D eigenvalue weighted by atomic mass is 15.0. The van der Waals surface area contributed by atoms with Crippen LogP contribution in [0.4, 0.5) is 0 Å². The van der Waals surface area contributed by atoms with Crippen LogP contribution in [0.15, 0.2) is 18.7 Å². The van der Waals surface area contributed by atoms with E-state index in [1.165, 1.54) is 32.2 Å². The summed E-state index contributed by atoms with van der Waals surface area (Å²) in [6.45, 7) is 5.94. The summed E-state index contributed by atoms with van der Waals surface area (Å²) in [5.74, 6) is 2.77. The van der Waals surface area contributed by atoms with Gasteiger partial charge in [0.05, 0.1) is 6.54 Å². The molecule has 0 radical (unpaired) electrons. The van der Waals surface area contributed by atoms with E-state index >= 15 is 0 Å². The predicted molar refractivity (Wildman–Crippen MR) is 61.3 cm³/mol. The van der Waals surface area contributed by atoms with Gasteiger partial charge < -0.3 is 0 Å². The average Bonchev–Trinajstić information content (AvgIpc) is 2.71. The maximum absolute atomic E-state index is 3.11. The van der Waals surface area contributed by atoms with Gasteiger partial charge in [-0.15, -0.1) is 0 Å². The Morgan fingerprint density at radius 1 is 1.27 bits per heavy atom. The van der Waals surface area contributed by atoms with Crippen molar-refractivity contribution in [3.05, 3.63) is 18.7 Å². The largest absolute Gasteiger partial charge is 0.250 e. The minimum atomic E-state index is 0.880.